The molecule has 3 heteroatoms. The molecule has 2 saturated heterocycles. The summed E-state index contributed by atoms with van der Waals surface area (Å²) in [5, 5.41) is 3.35. The lowest BCUT2D eigenvalue weighted by atomic mass is 9.65. The fourth-order valence-corrected chi connectivity index (χ4v) is 2.48. The van der Waals surface area contributed by atoms with Crippen molar-refractivity contribution in [2.45, 2.75) is 12.2 Å². The Hall–Kier alpha value is -0.120. The molecule has 64 valence electrons. The summed E-state index contributed by atoms with van der Waals surface area (Å²) in [6.45, 7) is 2.08. The van der Waals surface area contributed by atoms with E-state index >= 15 is 0 Å². The van der Waals surface area contributed by atoms with Gasteiger partial charge in [-0.2, -0.15) is 0 Å². The number of piperidine rings is 2. The molecule has 0 aromatic heterocycles. The molecule has 2 bridgehead atoms. The molecule has 1 aliphatic carbocycles. The third-order valence-corrected chi connectivity index (χ3v) is 3.13. The van der Waals surface area contributed by atoms with Gasteiger partial charge in [-0.3, -0.25) is 0 Å². The Morgan fingerprint density at radius 1 is 1.18 bits per heavy atom. The SMILES string of the molecule is COC1(OC)C2CNCC1C2. The number of nitrogens with one attached hydrogen (secondary N) is 1. The zero-order valence-corrected chi connectivity index (χ0v) is 7.09. The Bertz CT molecular complexity index is 140. The Balaban J connectivity index is 2.12. The third kappa shape index (κ3) is 0.789. The molecule has 0 radical (unpaired) electrons. The van der Waals surface area contributed by atoms with Gasteiger partial charge in [0.1, 0.15) is 0 Å². The molecular weight excluding hydrogens is 142 g/mol. The number of methoxy groups -OCH3 is 2. The molecule has 2 heterocycles. The standard InChI is InChI=1S/C8H15NO2/c1-10-8(11-2)6-3-7(8)5-9-4-6/h6-7,9H,3-5H2,1-2H3. The molecule has 0 spiro atoms. The van der Waals surface area contributed by atoms with Crippen molar-refractivity contribution in [3.63, 3.8) is 0 Å². The van der Waals surface area contributed by atoms with Gasteiger partial charge in [0.2, 0.25) is 0 Å². The molecule has 3 aliphatic rings. The van der Waals surface area contributed by atoms with Gasteiger partial charge in [-0.25, -0.2) is 0 Å². The van der Waals surface area contributed by atoms with Gasteiger partial charge >= 0.3 is 0 Å². The average Bonchev–Trinajstić information content (AvgIpc) is 2.08. The Morgan fingerprint density at radius 3 is 2.00 bits per heavy atom. The van der Waals surface area contributed by atoms with E-state index in [4.69, 9.17) is 9.47 Å². The summed E-state index contributed by atoms with van der Waals surface area (Å²) in [6.07, 6.45) is 1.26. The highest BCUT2D eigenvalue weighted by Gasteiger charge is 2.58. The second kappa shape index (κ2) is 2.44. The molecular formula is C8H15NO2. The summed E-state index contributed by atoms with van der Waals surface area (Å²) >= 11 is 0. The van der Waals surface area contributed by atoms with Crippen molar-refractivity contribution < 1.29 is 9.47 Å². The molecule has 0 aromatic rings. The van der Waals surface area contributed by atoms with Gasteiger partial charge in [0.05, 0.1) is 0 Å². The van der Waals surface area contributed by atoms with Crippen LogP contribution in [0.5, 0.6) is 0 Å². The van der Waals surface area contributed by atoms with Crippen LogP contribution in [-0.2, 0) is 9.47 Å². The predicted octanol–water partition coefficient (Wildman–Crippen LogP) is 0.215. The van der Waals surface area contributed by atoms with Crippen LogP contribution in [0.1, 0.15) is 6.42 Å². The van der Waals surface area contributed by atoms with Crippen LogP contribution in [0.2, 0.25) is 0 Å². The molecule has 1 saturated carbocycles. The van der Waals surface area contributed by atoms with Crippen molar-refractivity contribution in [2.24, 2.45) is 11.8 Å². The van der Waals surface area contributed by atoms with Crippen molar-refractivity contribution in [3.05, 3.63) is 0 Å². The van der Waals surface area contributed by atoms with Crippen molar-refractivity contribution in [1.29, 1.82) is 0 Å². The molecule has 2 aliphatic heterocycles. The Labute approximate surface area is 67.1 Å². The maximum absolute atomic E-state index is 5.43. The fourth-order valence-electron chi connectivity index (χ4n) is 2.48. The van der Waals surface area contributed by atoms with Crippen LogP contribution in [0.25, 0.3) is 0 Å². The first-order valence-electron chi connectivity index (χ1n) is 4.14. The van der Waals surface area contributed by atoms with Crippen LogP contribution in [0.15, 0.2) is 0 Å². The van der Waals surface area contributed by atoms with E-state index in [1.54, 1.807) is 14.2 Å². The Kier molecular flexibility index (Phi) is 1.67. The first-order valence-corrected chi connectivity index (χ1v) is 4.14. The molecule has 2 unspecified atom stereocenters. The van der Waals surface area contributed by atoms with Crippen molar-refractivity contribution in [3.8, 4) is 0 Å². The van der Waals surface area contributed by atoms with Gasteiger partial charge in [0.15, 0.2) is 5.79 Å². The molecule has 11 heavy (non-hydrogen) atoms. The van der Waals surface area contributed by atoms with Crippen LogP contribution >= 0.6 is 0 Å². The lowest BCUT2D eigenvalue weighted by Crippen LogP contribution is -2.67. The van der Waals surface area contributed by atoms with Gasteiger partial charge in [-0.1, -0.05) is 0 Å². The van der Waals surface area contributed by atoms with E-state index in [9.17, 15) is 0 Å². The summed E-state index contributed by atoms with van der Waals surface area (Å²) in [4.78, 5) is 0. The van der Waals surface area contributed by atoms with Crippen LogP contribution in [0, 0.1) is 11.8 Å². The highest BCUT2D eigenvalue weighted by Crippen LogP contribution is 2.48. The number of hydrogen-bond acceptors (Lipinski definition) is 3. The minimum Gasteiger partial charge on any atom is -0.353 e. The van der Waals surface area contributed by atoms with E-state index in [1.807, 2.05) is 0 Å². The second-order valence-corrected chi connectivity index (χ2v) is 3.42. The average molecular weight is 157 g/mol. The highest BCUT2D eigenvalue weighted by molar-refractivity contribution is 5.03. The van der Waals surface area contributed by atoms with E-state index in [2.05, 4.69) is 5.32 Å². The van der Waals surface area contributed by atoms with Crippen molar-refractivity contribution in [2.75, 3.05) is 27.3 Å². The maximum atomic E-state index is 5.43. The smallest absolute Gasteiger partial charge is 0.175 e. The van der Waals surface area contributed by atoms with Gasteiger partial charge in [-0.05, 0) is 6.42 Å². The van der Waals surface area contributed by atoms with E-state index in [-0.39, 0.29) is 5.79 Å². The number of rotatable bonds is 2. The lowest BCUT2D eigenvalue weighted by molar-refractivity contribution is -0.331. The molecule has 3 nitrogen and oxygen atoms in total. The minimum absolute atomic E-state index is 0.245. The summed E-state index contributed by atoms with van der Waals surface area (Å²) in [5.74, 6) is 0.887. The Morgan fingerprint density at radius 2 is 1.73 bits per heavy atom. The molecule has 2 atom stereocenters. The van der Waals surface area contributed by atoms with Gasteiger partial charge in [0, 0.05) is 39.1 Å². The topological polar surface area (TPSA) is 30.5 Å². The highest BCUT2D eigenvalue weighted by atomic mass is 16.7. The van der Waals surface area contributed by atoms with Crippen LogP contribution in [-0.4, -0.2) is 33.1 Å². The fraction of sp³-hybridized carbons (Fsp3) is 1.00. The van der Waals surface area contributed by atoms with Crippen LogP contribution in [0.3, 0.4) is 0 Å². The van der Waals surface area contributed by atoms with Gasteiger partial charge in [-0.15, -0.1) is 0 Å². The minimum atomic E-state index is -0.245. The molecule has 0 amide bonds. The zero-order valence-electron chi connectivity index (χ0n) is 7.09. The van der Waals surface area contributed by atoms with Crippen LogP contribution < -0.4 is 5.32 Å². The van der Waals surface area contributed by atoms with Crippen molar-refractivity contribution >= 4 is 0 Å². The normalized spacial score (nSPS) is 39.8. The first kappa shape index (κ1) is 7.53. The number of fused-ring (bicyclic) bond motifs is 2. The lowest BCUT2D eigenvalue weighted by Gasteiger charge is -2.57. The summed E-state index contributed by atoms with van der Waals surface area (Å²) < 4.78 is 10.9. The zero-order chi connectivity index (χ0) is 7.90. The quantitative estimate of drug-likeness (QED) is 0.581. The number of ether oxygens (including phenoxy) is 2. The molecule has 1 N–H and O–H groups in total. The van der Waals surface area contributed by atoms with Gasteiger partial charge < -0.3 is 14.8 Å². The predicted molar refractivity (Wildman–Crippen MR) is 41.2 cm³/mol. The van der Waals surface area contributed by atoms with Gasteiger partial charge in [0.25, 0.3) is 0 Å². The number of hydrogen-bond donors (Lipinski definition) is 1. The third-order valence-electron chi connectivity index (χ3n) is 3.13. The summed E-state index contributed by atoms with van der Waals surface area (Å²) in [6, 6.07) is 0. The molecule has 0 aromatic carbocycles. The van der Waals surface area contributed by atoms with E-state index < -0.39 is 0 Å². The van der Waals surface area contributed by atoms with E-state index in [0.29, 0.717) is 11.8 Å². The van der Waals surface area contributed by atoms with E-state index in [1.165, 1.54) is 6.42 Å². The first-order chi connectivity index (χ1) is 5.33. The molecule has 3 rings (SSSR count). The summed E-state index contributed by atoms with van der Waals surface area (Å²) in [7, 11) is 3.49. The summed E-state index contributed by atoms with van der Waals surface area (Å²) in [5.41, 5.74) is 0. The van der Waals surface area contributed by atoms with Crippen LogP contribution in [0.4, 0.5) is 0 Å². The largest absolute Gasteiger partial charge is 0.353 e. The maximum Gasteiger partial charge on any atom is 0.175 e. The van der Waals surface area contributed by atoms with E-state index in [0.717, 1.165) is 13.1 Å². The second-order valence-electron chi connectivity index (χ2n) is 3.42. The monoisotopic (exact) mass is 157 g/mol. The molecule has 3 fully saturated rings. The van der Waals surface area contributed by atoms with Crippen molar-refractivity contribution in [1.82, 2.24) is 5.32 Å².